The van der Waals surface area contributed by atoms with Crippen molar-refractivity contribution in [2.45, 2.75) is 38.2 Å². The smallest absolute Gasteiger partial charge is 0.253 e. The van der Waals surface area contributed by atoms with E-state index in [9.17, 15) is 9.90 Å². The van der Waals surface area contributed by atoms with E-state index in [1.807, 2.05) is 48.2 Å². The van der Waals surface area contributed by atoms with E-state index in [-0.39, 0.29) is 5.91 Å². The molecule has 5 nitrogen and oxygen atoms in total. The Bertz CT molecular complexity index is 809. The van der Waals surface area contributed by atoms with E-state index in [4.69, 9.17) is 4.42 Å². The SMILES string of the molecule is Cc1ccc(-c2cccc(C(=O)N3CCCC(O)(CN4CCCC4)C3)c2)o1. The highest BCUT2D eigenvalue weighted by molar-refractivity contribution is 5.95. The van der Waals surface area contributed by atoms with Gasteiger partial charge in [0.2, 0.25) is 0 Å². The van der Waals surface area contributed by atoms with Crippen LogP contribution in [0, 0.1) is 6.92 Å². The van der Waals surface area contributed by atoms with E-state index in [1.165, 1.54) is 12.8 Å². The van der Waals surface area contributed by atoms with Crippen LogP contribution in [0.3, 0.4) is 0 Å². The maximum Gasteiger partial charge on any atom is 0.253 e. The molecule has 2 fully saturated rings. The van der Waals surface area contributed by atoms with E-state index in [1.54, 1.807) is 0 Å². The fraction of sp³-hybridized carbons (Fsp3) is 0.500. The molecular formula is C22H28N2O3. The molecule has 1 aromatic heterocycles. The van der Waals surface area contributed by atoms with Gasteiger partial charge in [-0.25, -0.2) is 0 Å². The second-order valence-corrected chi connectivity index (χ2v) is 8.03. The third kappa shape index (κ3) is 4.09. The van der Waals surface area contributed by atoms with Gasteiger partial charge < -0.3 is 19.3 Å². The van der Waals surface area contributed by atoms with Crippen molar-refractivity contribution in [3.63, 3.8) is 0 Å². The zero-order valence-corrected chi connectivity index (χ0v) is 16.0. The number of aryl methyl sites for hydroxylation is 1. The summed E-state index contributed by atoms with van der Waals surface area (Å²) < 4.78 is 5.69. The molecule has 2 saturated heterocycles. The largest absolute Gasteiger partial charge is 0.461 e. The van der Waals surface area contributed by atoms with Gasteiger partial charge in [0.15, 0.2) is 0 Å². The molecule has 0 aliphatic carbocycles. The highest BCUT2D eigenvalue weighted by Gasteiger charge is 2.37. The Hall–Kier alpha value is -2.11. The second-order valence-electron chi connectivity index (χ2n) is 8.03. The predicted molar refractivity (Wildman–Crippen MR) is 105 cm³/mol. The monoisotopic (exact) mass is 368 g/mol. The van der Waals surface area contributed by atoms with Gasteiger partial charge in [-0.2, -0.15) is 0 Å². The number of hydrogen-bond donors (Lipinski definition) is 1. The third-order valence-electron chi connectivity index (χ3n) is 5.69. The van der Waals surface area contributed by atoms with Crippen molar-refractivity contribution < 1.29 is 14.3 Å². The second kappa shape index (κ2) is 7.49. The molecule has 4 rings (SSSR count). The van der Waals surface area contributed by atoms with Gasteiger partial charge in [0.25, 0.3) is 5.91 Å². The molecule has 27 heavy (non-hydrogen) atoms. The van der Waals surface area contributed by atoms with Gasteiger partial charge in [-0.15, -0.1) is 0 Å². The van der Waals surface area contributed by atoms with Crippen molar-refractivity contribution in [2.24, 2.45) is 0 Å². The number of furan rings is 1. The molecule has 144 valence electrons. The number of carbonyl (C=O) groups excluding carboxylic acids is 1. The van der Waals surface area contributed by atoms with Gasteiger partial charge in [-0.05, 0) is 70.0 Å². The van der Waals surface area contributed by atoms with Gasteiger partial charge >= 0.3 is 0 Å². The molecule has 0 saturated carbocycles. The van der Waals surface area contributed by atoms with E-state index < -0.39 is 5.60 Å². The molecule has 3 heterocycles. The summed E-state index contributed by atoms with van der Waals surface area (Å²) in [5.74, 6) is 1.61. The topological polar surface area (TPSA) is 56.9 Å². The number of rotatable bonds is 4. The van der Waals surface area contributed by atoms with Crippen LogP contribution in [0.1, 0.15) is 41.8 Å². The van der Waals surface area contributed by atoms with Crippen LogP contribution in [0.4, 0.5) is 0 Å². The summed E-state index contributed by atoms with van der Waals surface area (Å²) in [4.78, 5) is 17.2. The fourth-order valence-corrected chi connectivity index (χ4v) is 4.35. The van der Waals surface area contributed by atoms with Crippen molar-refractivity contribution in [2.75, 3.05) is 32.7 Å². The number of amides is 1. The van der Waals surface area contributed by atoms with E-state index in [0.717, 1.165) is 43.0 Å². The molecule has 0 bridgehead atoms. The molecule has 1 aromatic carbocycles. The Morgan fingerprint density at radius 3 is 2.70 bits per heavy atom. The van der Waals surface area contributed by atoms with Gasteiger partial charge in [-0.3, -0.25) is 4.79 Å². The minimum absolute atomic E-state index is 0.0142. The normalized spacial score (nSPS) is 23.7. The quantitative estimate of drug-likeness (QED) is 0.899. The molecular weight excluding hydrogens is 340 g/mol. The molecule has 1 unspecified atom stereocenters. The summed E-state index contributed by atoms with van der Waals surface area (Å²) in [5, 5.41) is 11.1. The van der Waals surface area contributed by atoms with Crippen LogP contribution in [0.5, 0.6) is 0 Å². The Morgan fingerprint density at radius 2 is 1.96 bits per heavy atom. The van der Waals surface area contributed by atoms with Crippen molar-refractivity contribution in [3.8, 4) is 11.3 Å². The maximum absolute atomic E-state index is 13.1. The molecule has 1 amide bonds. The first kappa shape index (κ1) is 18.3. The number of likely N-dealkylation sites (tertiary alicyclic amines) is 2. The van der Waals surface area contributed by atoms with E-state index in [2.05, 4.69) is 4.90 Å². The Morgan fingerprint density at radius 1 is 1.15 bits per heavy atom. The summed E-state index contributed by atoms with van der Waals surface area (Å²) in [7, 11) is 0. The van der Waals surface area contributed by atoms with Crippen molar-refractivity contribution in [1.82, 2.24) is 9.80 Å². The van der Waals surface area contributed by atoms with Crippen LogP contribution < -0.4 is 0 Å². The van der Waals surface area contributed by atoms with Crippen LogP contribution in [-0.2, 0) is 0 Å². The van der Waals surface area contributed by atoms with Crippen LogP contribution >= 0.6 is 0 Å². The average molecular weight is 368 g/mol. The van der Waals surface area contributed by atoms with Crippen LogP contribution in [0.2, 0.25) is 0 Å². The third-order valence-corrected chi connectivity index (χ3v) is 5.69. The van der Waals surface area contributed by atoms with Crippen LogP contribution in [0.25, 0.3) is 11.3 Å². The highest BCUT2D eigenvalue weighted by Crippen LogP contribution is 2.27. The Balaban J connectivity index is 1.48. The standard InChI is InChI=1S/C22H28N2O3/c1-17-8-9-20(27-17)18-6-4-7-19(14-18)21(25)24-13-5-10-22(26,16-24)15-23-11-2-3-12-23/h4,6-9,14,26H,2-3,5,10-13,15-16H2,1H3. The summed E-state index contributed by atoms with van der Waals surface area (Å²) in [6.07, 6.45) is 4.02. The minimum atomic E-state index is -0.798. The summed E-state index contributed by atoms with van der Waals surface area (Å²) in [6.45, 7) is 5.80. The van der Waals surface area contributed by atoms with Gasteiger partial charge in [0.05, 0.1) is 12.1 Å². The Kier molecular flexibility index (Phi) is 5.06. The number of aliphatic hydroxyl groups is 1. The molecule has 2 aromatic rings. The van der Waals surface area contributed by atoms with Crippen LogP contribution in [-0.4, -0.2) is 59.1 Å². The number of carbonyl (C=O) groups is 1. The minimum Gasteiger partial charge on any atom is -0.461 e. The zero-order chi connectivity index (χ0) is 18.9. The summed E-state index contributed by atoms with van der Waals surface area (Å²) >= 11 is 0. The number of nitrogens with zero attached hydrogens (tertiary/aromatic N) is 2. The number of piperidine rings is 1. The molecule has 5 heteroatoms. The lowest BCUT2D eigenvalue weighted by Gasteiger charge is -2.41. The molecule has 1 atom stereocenters. The average Bonchev–Trinajstić information content (AvgIpc) is 3.32. The number of β-amino-alcohol motifs (C(OH)–C–C–N with tert-alkyl or cyclic N) is 1. The van der Waals surface area contributed by atoms with E-state index >= 15 is 0 Å². The van der Waals surface area contributed by atoms with E-state index in [0.29, 0.717) is 25.2 Å². The zero-order valence-electron chi connectivity index (χ0n) is 16.0. The van der Waals surface area contributed by atoms with Gasteiger partial charge in [0, 0.05) is 24.2 Å². The van der Waals surface area contributed by atoms with Gasteiger partial charge in [-0.1, -0.05) is 12.1 Å². The Labute approximate surface area is 160 Å². The van der Waals surface area contributed by atoms with Crippen molar-refractivity contribution >= 4 is 5.91 Å². The molecule has 2 aliphatic heterocycles. The molecule has 2 aliphatic rings. The first-order valence-electron chi connectivity index (χ1n) is 9.93. The number of hydrogen-bond acceptors (Lipinski definition) is 4. The summed E-state index contributed by atoms with van der Waals surface area (Å²) in [5.41, 5.74) is 0.749. The lowest BCUT2D eigenvalue weighted by molar-refractivity contribution is -0.0431. The first-order valence-corrected chi connectivity index (χ1v) is 9.93. The predicted octanol–water partition coefficient (Wildman–Crippen LogP) is 3.32. The van der Waals surface area contributed by atoms with Crippen LogP contribution in [0.15, 0.2) is 40.8 Å². The summed E-state index contributed by atoms with van der Waals surface area (Å²) in [6, 6.07) is 11.4. The highest BCUT2D eigenvalue weighted by atomic mass is 16.3. The molecule has 0 radical (unpaired) electrons. The van der Waals surface area contributed by atoms with Gasteiger partial charge in [0.1, 0.15) is 11.5 Å². The lowest BCUT2D eigenvalue weighted by atomic mass is 9.91. The van der Waals surface area contributed by atoms with Crippen molar-refractivity contribution in [1.29, 1.82) is 0 Å². The molecule has 1 N–H and O–H groups in total. The van der Waals surface area contributed by atoms with Crippen molar-refractivity contribution in [3.05, 3.63) is 47.7 Å². The number of benzene rings is 1. The molecule has 0 spiro atoms. The lowest BCUT2D eigenvalue weighted by Crippen LogP contribution is -2.55. The maximum atomic E-state index is 13.1. The fourth-order valence-electron chi connectivity index (χ4n) is 4.35. The first-order chi connectivity index (χ1) is 13.0.